The van der Waals surface area contributed by atoms with Gasteiger partial charge in [0.25, 0.3) is 0 Å². The molecule has 3 fully saturated rings. The Morgan fingerprint density at radius 1 is 1.09 bits per heavy atom. The minimum absolute atomic E-state index is 0.00405. The summed E-state index contributed by atoms with van der Waals surface area (Å²) in [4.78, 5) is 13.4. The summed E-state index contributed by atoms with van der Waals surface area (Å²) in [6.45, 7) is 2.46. The van der Waals surface area contributed by atoms with E-state index in [1.165, 1.54) is 24.3 Å². The van der Waals surface area contributed by atoms with Crippen molar-refractivity contribution in [1.29, 1.82) is 5.26 Å². The lowest BCUT2D eigenvalue weighted by molar-refractivity contribution is 0.107. The number of fused-ring (bicyclic) bond motifs is 3. The van der Waals surface area contributed by atoms with Crippen molar-refractivity contribution in [3.05, 3.63) is 53.6 Å². The van der Waals surface area contributed by atoms with Gasteiger partial charge in [-0.25, -0.2) is 13.2 Å². The average Bonchev–Trinajstić information content (AvgIpc) is 3.55. The highest BCUT2D eigenvalue weighted by Crippen LogP contribution is 2.42. The van der Waals surface area contributed by atoms with Gasteiger partial charge in [-0.15, -0.1) is 6.42 Å². The maximum Gasteiger partial charge on any atom is 0.319 e. The van der Waals surface area contributed by atoms with Gasteiger partial charge >= 0.3 is 6.01 Å². The van der Waals surface area contributed by atoms with Crippen molar-refractivity contribution in [2.45, 2.75) is 43.8 Å². The first-order valence-corrected chi connectivity index (χ1v) is 14.9. The molecule has 3 saturated heterocycles. The molecule has 0 unspecified atom stereocenters. The number of anilines is 1. The van der Waals surface area contributed by atoms with Crippen LogP contribution in [0.15, 0.2) is 36.4 Å². The van der Waals surface area contributed by atoms with Crippen molar-refractivity contribution in [2.75, 3.05) is 37.7 Å². The van der Waals surface area contributed by atoms with E-state index in [1.807, 2.05) is 4.90 Å². The average molecular weight is 598 g/mol. The number of terminal acetylenes is 1. The van der Waals surface area contributed by atoms with Crippen molar-refractivity contribution in [3.63, 3.8) is 0 Å². The molecule has 44 heavy (non-hydrogen) atoms. The third-order valence-corrected chi connectivity index (χ3v) is 9.46. The molecule has 1 aromatic heterocycles. The molecule has 0 aliphatic carbocycles. The van der Waals surface area contributed by atoms with Crippen molar-refractivity contribution < 1.29 is 23.0 Å². The molecule has 3 aromatic carbocycles. The number of ether oxygens (including phenoxy) is 1. The zero-order valence-corrected chi connectivity index (χ0v) is 24.0. The van der Waals surface area contributed by atoms with Crippen LogP contribution in [0.3, 0.4) is 0 Å². The molecule has 10 heteroatoms. The fourth-order valence-corrected chi connectivity index (χ4v) is 7.29. The van der Waals surface area contributed by atoms with Crippen LogP contribution in [0.25, 0.3) is 32.8 Å². The van der Waals surface area contributed by atoms with Crippen LogP contribution in [0.2, 0.25) is 0 Å². The highest BCUT2D eigenvalue weighted by Gasteiger charge is 2.49. The second-order valence-corrected chi connectivity index (χ2v) is 12.1. The van der Waals surface area contributed by atoms with Crippen LogP contribution in [0.1, 0.15) is 37.7 Å². The van der Waals surface area contributed by atoms with Crippen molar-refractivity contribution in [3.8, 4) is 41.3 Å². The van der Waals surface area contributed by atoms with Gasteiger partial charge in [0.1, 0.15) is 35.7 Å². The van der Waals surface area contributed by atoms with E-state index >= 15 is 4.39 Å². The molecule has 3 aliphatic heterocycles. The number of piperidine rings is 1. The molecular weight excluding hydrogens is 567 g/mol. The molecule has 4 heterocycles. The first-order chi connectivity index (χ1) is 21.3. The van der Waals surface area contributed by atoms with Crippen LogP contribution in [0.4, 0.5) is 19.0 Å². The highest BCUT2D eigenvalue weighted by molar-refractivity contribution is 6.04. The quantitative estimate of drug-likeness (QED) is 0.278. The van der Waals surface area contributed by atoms with Gasteiger partial charge < -0.3 is 14.7 Å². The number of benzene rings is 3. The van der Waals surface area contributed by atoms with E-state index in [1.54, 1.807) is 12.1 Å². The minimum atomic E-state index is -0.928. The van der Waals surface area contributed by atoms with E-state index in [9.17, 15) is 19.1 Å². The predicted molar refractivity (Wildman–Crippen MR) is 161 cm³/mol. The molecule has 7 nitrogen and oxygen atoms in total. The van der Waals surface area contributed by atoms with Crippen LogP contribution in [0, 0.1) is 41.2 Å². The fraction of sp³-hybridized carbons (Fsp3) is 0.382. The molecule has 4 aromatic rings. The van der Waals surface area contributed by atoms with Gasteiger partial charge in [0, 0.05) is 48.3 Å². The lowest BCUT2D eigenvalue weighted by Crippen LogP contribution is -2.43. The summed E-state index contributed by atoms with van der Waals surface area (Å²) in [5.41, 5.74) is -0.177. The van der Waals surface area contributed by atoms with E-state index in [4.69, 9.17) is 16.1 Å². The largest absolute Gasteiger partial charge is 0.508 e. The third-order valence-electron chi connectivity index (χ3n) is 9.46. The smallest absolute Gasteiger partial charge is 0.319 e. The summed E-state index contributed by atoms with van der Waals surface area (Å²) in [5.74, 6) is 1.34. The Bertz CT molecular complexity index is 1880. The number of aromatic nitrogens is 2. The first kappa shape index (κ1) is 28.2. The Morgan fingerprint density at radius 2 is 1.91 bits per heavy atom. The predicted octanol–water partition coefficient (Wildman–Crippen LogP) is 6.11. The molecule has 0 spiro atoms. The van der Waals surface area contributed by atoms with E-state index in [0.717, 1.165) is 19.4 Å². The molecule has 0 radical (unpaired) electrons. The summed E-state index contributed by atoms with van der Waals surface area (Å²) < 4.78 is 52.1. The zero-order chi connectivity index (χ0) is 30.6. The van der Waals surface area contributed by atoms with E-state index in [0.29, 0.717) is 60.9 Å². The van der Waals surface area contributed by atoms with Gasteiger partial charge in [-0.1, -0.05) is 18.1 Å². The Labute approximate surface area is 252 Å². The topological polar surface area (TPSA) is 85.5 Å². The number of hydrogen-bond donors (Lipinski definition) is 1. The molecule has 2 atom stereocenters. The third kappa shape index (κ3) is 4.65. The van der Waals surface area contributed by atoms with Gasteiger partial charge in [0.05, 0.1) is 17.2 Å². The molecule has 224 valence electrons. The summed E-state index contributed by atoms with van der Waals surface area (Å²) >= 11 is 0. The van der Waals surface area contributed by atoms with Crippen LogP contribution in [-0.2, 0) is 0 Å². The molecule has 7 rings (SSSR count). The Morgan fingerprint density at radius 3 is 2.68 bits per heavy atom. The molecule has 0 saturated carbocycles. The summed E-state index contributed by atoms with van der Waals surface area (Å²) in [6.07, 6.45) is 8.14. The number of nitrogens with zero attached hydrogens (tertiary/aromatic N) is 5. The molecule has 1 N–H and O–H groups in total. The van der Waals surface area contributed by atoms with Gasteiger partial charge in [-0.05, 0) is 67.4 Å². The molecule has 0 bridgehead atoms. The lowest BCUT2D eigenvalue weighted by atomic mass is 9.93. The number of halogens is 3. The number of phenolic OH excluding ortho intramolecular Hbond substituents is 1. The Kier molecular flexibility index (Phi) is 6.98. The monoisotopic (exact) mass is 597 g/mol. The maximum absolute atomic E-state index is 16.7. The van der Waals surface area contributed by atoms with Crippen LogP contribution >= 0.6 is 0 Å². The minimum Gasteiger partial charge on any atom is -0.508 e. The standard InChI is InChI=1S/C34H30F3N5O2/c1-2-24-28(36)7-4-21-14-23(43)15-27(29(21)24)25-5-6-26-31(30(25)37)39-33(40-32(26)41-12-8-20(17-38)9-13-41)44-19-34-10-3-11-42(34)18-22(35)16-34/h1,4-7,14-15,20,22,43H,3,8-13,16,18-19H2/t22-,34+/m1/s1. The van der Waals surface area contributed by atoms with Crippen LogP contribution in [-0.4, -0.2) is 64.5 Å². The van der Waals surface area contributed by atoms with E-state index in [2.05, 4.69) is 21.9 Å². The number of hydrogen-bond acceptors (Lipinski definition) is 7. The van der Waals surface area contributed by atoms with E-state index < -0.39 is 23.3 Å². The Balaban J connectivity index is 1.37. The van der Waals surface area contributed by atoms with Gasteiger partial charge in [-0.3, -0.25) is 4.90 Å². The van der Waals surface area contributed by atoms with Crippen molar-refractivity contribution in [2.24, 2.45) is 5.92 Å². The van der Waals surface area contributed by atoms with Gasteiger partial charge in [0.15, 0.2) is 5.82 Å². The van der Waals surface area contributed by atoms with Gasteiger partial charge in [-0.2, -0.15) is 15.2 Å². The number of alkyl halides is 1. The second kappa shape index (κ2) is 10.9. The highest BCUT2D eigenvalue weighted by atomic mass is 19.1. The number of phenols is 1. The fourth-order valence-electron chi connectivity index (χ4n) is 7.29. The maximum atomic E-state index is 16.7. The zero-order valence-electron chi connectivity index (χ0n) is 24.0. The first-order valence-electron chi connectivity index (χ1n) is 14.9. The summed E-state index contributed by atoms with van der Waals surface area (Å²) in [6, 6.07) is 11.1. The number of nitriles is 1. The molecule has 0 amide bonds. The number of rotatable bonds is 5. The summed E-state index contributed by atoms with van der Waals surface area (Å²) in [7, 11) is 0. The Hall–Kier alpha value is -4.54. The van der Waals surface area contributed by atoms with E-state index in [-0.39, 0.29) is 46.5 Å². The molecule has 3 aliphatic rings. The lowest BCUT2D eigenvalue weighted by Gasteiger charge is -2.32. The van der Waals surface area contributed by atoms with Crippen LogP contribution < -0.4 is 9.64 Å². The normalized spacial score (nSPS) is 22.3. The van der Waals surface area contributed by atoms with Crippen molar-refractivity contribution in [1.82, 2.24) is 14.9 Å². The molecular formula is C34H30F3N5O2. The SMILES string of the molecule is C#Cc1c(F)ccc2cc(O)cc(-c3ccc4c(N5CCC(C#N)CC5)nc(OC[C@@]56CCCN5C[C@H](F)C6)nc4c3F)c12. The second-order valence-electron chi connectivity index (χ2n) is 12.1. The summed E-state index contributed by atoms with van der Waals surface area (Å²) in [5, 5.41) is 21.1. The van der Waals surface area contributed by atoms with Crippen LogP contribution in [0.5, 0.6) is 11.8 Å². The van der Waals surface area contributed by atoms with Gasteiger partial charge in [0.2, 0.25) is 0 Å². The number of aromatic hydroxyl groups is 1. The van der Waals surface area contributed by atoms with Crippen molar-refractivity contribution >= 4 is 27.5 Å².